The van der Waals surface area contributed by atoms with Gasteiger partial charge >= 0.3 is 0 Å². The normalized spacial score (nSPS) is 20.4. The molecule has 0 atom stereocenters. The molecular weight excluding hydrogens is 289 g/mol. The van der Waals surface area contributed by atoms with Gasteiger partial charge in [-0.3, -0.25) is 0 Å². The zero-order valence-electron chi connectivity index (χ0n) is 8.65. The maximum Gasteiger partial charge on any atom is 0.257 e. The third kappa shape index (κ3) is 1.61. The number of hydrogen-bond acceptors (Lipinski definition) is 4. The summed E-state index contributed by atoms with van der Waals surface area (Å²) < 4.78 is 65.9. The Morgan fingerprint density at radius 2 is 2.00 bits per heavy atom. The average molecular weight is 294 g/mol. The number of rotatable bonds is 0. The lowest BCUT2D eigenvalue weighted by Crippen LogP contribution is -2.36. The summed E-state index contributed by atoms with van der Waals surface area (Å²) in [7, 11) is -3.57. The summed E-state index contributed by atoms with van der Waals surface area (Å²) in [6, 6.07) is 0.839. The van der Waals surface area contributed by atoms with Crippen molar-refractivity contribution in [1.29, 1.82) is 0 Å². The first-order valence-corrected chi connectivity index (χ1v) is 7.27. The van der Waals surface area contributed by atoms with Gasteiger partial charge in [0.15, 0.2) is 22.6 Å². The van der Waals surface area contributed by atoms with E-state index < -0.39 is 27.5 Å². The van der Waals surface area contributed by atoms with Crippen LogP contribution in [0.3, 0.4) is 0 Å². The largest absolute Gasteiger partial charge is 0.315 e. The molecule has 3 rings (SSSR count). The van der Waals surface area contributed by atoms with Crippen LogP contribution in [-0.4, -0.2) is 25.9 Å². The van der Waals surface area contributed by atoms with Gasteiger partial charge in [-0.2, -0.15) is 0 Å². The summed E-state index contributed by atoms with van der Waals surface area (Å²) in [6.07, 6.45) is 0. The van der Waals surface area contributed by atoms with Crippen molar-refractivity contribution in [3.63, 3.8) is 0 Å². The fourth-order valence-corrected chi connectivity index (χ4v) is 4.07. The van der Waals surface area contributed by atoms with Crippen LogP contribution in [0.4, 0.5) is 18.9 Å². The van der Waals surface area contributed by atoms with Gasteiger partial charge in [-0.05, 0) is 17.8 Å². The van der Waals surface area contributed by atoms with Gasteiger partial charge in [0.25, 0.3) is 10.0 Å². The highest BCUT2D eigenvalue weighted by Gasteiger charge is 2.37. The number of thioether (sulfide) groups is 1. The van der Waals surface area contributed by atoms with Crippen molar-refractivity contribution in [2.45, 2.75) is 4.90 Å². The smallest absolute Gasteiger partial charge is 0.257 e. The number of benzene rings is 1. The van der Waals surface area contributed by atoms with Gasteiger partial charge in [0.1, 0.15) is 0 Å². The molecule has 2 aliphatic heterocycles. The number of nitrogens with zero attached hydrogens (tertiary/aromatic N) is 2. The van der Waals surface area contributed by atoms with Crippen LogP contribution >= 0.6 is 11.8 Å². The Hall–Kier alpha value is -1.22. The lowest BCUT2D eigenvalue weighted by Gasteiger charge is -2.22. The van der Waals surface area contributed by atoms with Gasteiger partial charge in [-0.25, -0.2) is 21.6 Å². The molecule has 0 saturated carbocycles. The first-order valence-electron chi connectivity index (χ1n) is 4.84. The molecule has 2 heterocycles. The summed E-state index contributed by atoms with van der Waals surface area (Å²) in [6.45, 7) is -0.0246. The second kappa shape index (κ2) is 3.64. The van der Waals surface area contributed by atoms with E-state index >= 15 is 0 Å². The standard InChI is InChI=1S/C9H5F3N2O2S2/c10-4-3-5-8(7(12)6(4)11)14-1-2-18(15,16)13-9(14)17-5/h3H,1-2H2. The first-order chi connectivity index (χ1) is 8.39. The molecule has 0 saturated heterocycles. The van der Waals surface area contributed by atoms with Crippen LogP contribution in [0.1, 0.15) is 0 Å². The minimum Gasteiger partial charge on any atom is -0.315 e. The Morgan fingerprint density at radius 1 is 1.28 bits per heavy atom. The molecule has 0 spiro atoms. The molecular formula is C9H5F3N2O2S2. The lowest BCUT2D eigenvalue weighted by atomic mass is 10.2. The topological polar surface area (TPSA) is 49.7 Å². The first kappa shape index (κ1) is 11.8. The second-order valence-corrected chi connectivity index (χ2v) is 6.51. The van der Waals surface area contributed by atoms with E-state index in [-0.39, 0.29) is 28.0 Å². The molecule has 0 bridgehead atoms. The molecule has 1 aromatic carbocycles. The number of amidine groups is 1. The monoisotopic (exact) mass is 294 g/mol. The Balaban J connectivity index is 2.21. The molecule has 0 unspecified atom stereocenters. The maximum atomic E-state index is 13.7. The quantitative estimate of drug-likeness (QED) is 0.684. The molecule has 1 aromatic rings. The van der Waals surface area contributed by atoms with Crippen molar-refractivity contribution in [3.8, 4) is 0 Å². The van der Waals surface area contributed by atoms with Gasteiger partial charge < -0.3 is 4.90 Å². The Bertz CT molecular complexity index is 688. The van der Waals surface area contributed by atoms with E-state index in [9.17, 15) is 21.6 Å². The van der Waals surface area contributed by atoms with E-state index in [0.717, 1.165) is 17.8 Å². The highest BCUT2D eigenvalue weighted by atomic mass is 32.2. The number of anilines is 1. The number of halogens is 3. The van der Waals surface area contributed by atoms with Gasteiger partial charge in [0.05, 0.1) is 11.4 Å². The van der Waals surface area contributed by atoms with Crippen molar-refractivity contribution in [1.82, 2.24) is 0 Å². The molecule has 0 aliphatic carbocycles. The fraction of sp³-hybridized carbons (Fsp3) is 0.222. The number of hydrogen-bond donors (Lipinski definition) is 0. The van der Waals surface area contributed by atoms with Crippen LogP contribution in [0.5, 0.6) is 0 Å². The summed E-state index contributed by atoms with van der Waals surface area (Å²) in [5.74, 6) is -4.47. The van der Waals surface area contributed by atoms with Crippen LogP contribution in [0.2, 0.25) is 0 Å². The SMILES string of the molecule is O=S1(=O)CCN2C(=N1)Sc1cc(F)c(F)c(F)c12. The predicted octanol–water partition coefficient (Wildman–Crippen LogP) is 1.72. The molecule has 2 aliphatic rings. The van der Waals surface area contributed by atoms with E-state index in [2.05, 4.69) is 4.40 Å². The van der Waals surface area contributed by atoms with E-state index in [0.29, 0.717) is 0 Å². The average Bonchev–Trinajstić information content (AvgIpc) is 2.61. The minimum absolute atomic E-state index is 0.0246. The van der Waals surface area contributed by atoms with Gasteiger partial charge in [0, 0.05) is 11.4 Å². The van der Waals surface area contributed by atoms with Crippen LogP contribution in [0.15, 0.2) is 15.4 Å². The minimum atomic E-state index is -3.57. The van der Waals surface area contributed by atoms with Gasteiger partial charge in [0.2, 0.25) is 0 Å². The Morgan fingerprint density at radius 3 is 2.72 bits per heavy atom. The number of sulfonamides is 1. The van der Waals surface area contributed by atoms with E-state index in [4.69, 9.17) is 0 Å². The van der Waals surface area contributed by atoms with Crippen molar-refractivity contribution in [2.75, 3.05) is 17.2 Å². The van der Waals surface area contributed by atoms with Crippen LogP contribution in [0, 0.1) is 17.5 Å². The molecule has 4 nitrogen and oxygen atoms in total. The van der Waals surface area contributed by atoms with Crippen LogP contribution in [-0.2, 0) is 10.0 Å². The van der Waals surface area contributed by atoms with Crippen molar-refractivity contribution < 1.29 is 21.6 Å². The molecule has 9 heteroatoms. The van der Waals surface area contributed by atoms with E-state index in [1.54, 1.807) is 0 Å². The maximum absolute atomic E-state index is 13.7. The Labute approximate surface area is 105 Å². The van der Waals surface area contributed by atoms with Crippen molar-refractivity contribution in [3.05, 3.63) is 23.5 Å². The third-order valence-corrected chi connectivity index (χ3v) is 4.88. The summed E-state index contributed by atoms with van der Waals surface area (Å²) in [4.78, 5) is 1.38. The summed E-state index contributed by atoms with van der Waals surface area (Å²) >= 11 is 0.810. The molecule has 0 fully saturated rings. The van der Waals surface area contributed by atoms with Crippen LogP contribution < -0.4 is 4.90 Å². The molecule has 0 radical (unpaired) electrons. The number of fused-ring (bicyclic) bond motifs is 3. The van der Waals surface area contributed by atoms with E-state index in [1.807, 2.05) is 0 Å². The molecule has 0 aromatic heterocycles. The molecule has 0 N–H and O–H groups in total. The molecule has 96 valence electrons. The summed E-state index contributed by atoms with van der Waals surface area (Å²) in [5.41, 5.74) is -0.146. The van der Waals surface area contributed by atoms with Gasteiger partial charge in [-0.15, -0.1) is 4.40 Å². The van der Waals surface area contributed by atoms with E-state index in [1.165, 1.54) is 4.90 Å². The Kier molecular flexibility index (Phi) is 2.39. The highest BCUT2D eigenvalue weighted by Crippen LogP contribution is 2.44. The summed E-state index contributed by atoms with van der Waals surface area (Å²) in [5, 5.41) is 0.0279. The predicted molar refractivity (Wildman–Crippen MR) is 60.7 cm³/mol. The lowest BCUT2D eigenvalue weighted by molar-refractivity contribution is 0.444. The second-order valence-electron chi connectivity index (χ2n) is 3.75. The van der Waals surface area contributed by atoms with Gasteiger partial charge in [-0.1, -0.05) is 0 Å². The van der Waals surface area contributed by atoms with Crippen molar-refractivity contribution in [2.24, 2.45) is 4.40 Å². The van der Waals surface area contributed by atoms with Crippen molar-refractivity contribution >= 4 is 32.6 Å². The molecule has 0 amide bonds. The third-order valence-electron chi connectivity index (χ3n) is 2.59. The zero-order valence-corrected chi connectivity index (χ0v) is 10.3. The fourth-order valence-electron chi connectivity index (χ4n) is 1.79. The highest BCUT2D eigenvalue weighted by molar-refractivity contribution is 8.15. The molecule has 18 heavy (non-hydrogen) atoms. The zero-order chi connectivity index (χ0) is 13.1. The van der Waals surface area contributed by atoms with Crippen LogP contribution in [0.25, 0.3) is 0 Å².